The number of nitrogens with zero attached hydrogens (tertiary/aromatic N) is 1. The van der Waals surface area contributed by atoms with Crippen molar-refractivity contribution < 1.29 is 14.3 Å². The third kappa shape index (κ3) is 3.98. The van der Waals surface area contributed by atoms with Crippen LogP contribution in [-0.4, -0.2) is 41.5 Å². The van der Waals surface area contributed by atoms with E-state index in [2.05, 4.69) is 5.32 Å². The number of hydrogen-bond acceptors (Lipinski definition) is 5. The van der Waals surface area contributed by atoms with E-state index in [-0.39, 0.29) is 24.2 Å². The van der Waals surface area contributed by atoms with Crippen molar-refractivity contribution in [3.05, 3.63) is 18.2 Å². The Kier molecular flexibility index (Phi) is 6.83. The first kappa shape index (κ1) is 18.4. The van der Waals surface area contributed by atoms with E-state index < -0.39 is 6.04 Å². The number of carbonyl (C=O) groups is 2. The number of carbonyl (C=O) groups excluding carboxylic acids is 2. The monoisotopic (exact) mass is 345 g/mol. The number of anilines is 2. The summed E-state index contributed by atoms with van der Waals surface area (Å²) in [6, 6.07) is 4.62. The zero-order chi connectivity index (χ0) is 15.4. The van der Waals surface area contributed by atoms with Crippen LogP contribution in [0.5, 0.6) is 5.75 Å². The summed E-state index contributed by atoms with van der Waals surface area (Å²) in [6.45, 7) is 1.79. The van der Waals surface area contributed by atoms with E-state index in [0.717, 1.165) is 0 Å². The minimum atomic E-state index is -0.451. The first-order valence-electron chi connectivity index (χ1n) is 6.68. The van der Waals surface area contributed by atoms with Crippen LogP contribution in [0.25, 0.3) is 0 Å². The van der Waals surface area contributed by atoms with E-state index in [1.165, 1.54) is 0 Å². The van der Waals surface area contributed by atoms with Gasteiger partial charge in [0.1, 0.15) is 11.8 Å². The van der Waals surface area contributed by atoms with Crippen LogP contribution in [0.3, 0.4) is 0 Å². The fraction of sp³-hybridized carbons (Fsp3) is 0.429. The van der Waals surface area contributed by atoms with Crippen molar-refractivity contribution >= 4 is 47.4 Å². The molecule has 3 N–H and O–H groups in total. The Balaban J connectivity index is 0.00000242. The molecule has 0 aliphatic carbocycles. The predicted octanol–water partition coefficient (Wildman–Crippen LogP) is 1.95. The van der Waals surface area contributed by atoms with E-state index in [4.69, 9.17) is 10.5 Å². The van der Waals surface area contributed by atoms with E-state index in [1.54, 1.807) is 48.9 Å². The fourth-order valence-electron chi connectivity index (χ4n) is 2.10. The fourth-order valence-corrected chi connectivity index (χ4v) is 3.28. The largest absolute Gasteiger partial charge is 0.497 e. The van der Waals surface area contributed by atoms with Crippen molar-refractivity contribution in [2.75, 3.05) is 29.8 Å². The molecule has 6 nitrogen and oxygen atoms in total. The molecule has 1 heterocycles. The maximum absolute atomic E-state index is 12.4. The molecule has 0 spiro atoms. The lowest BCUT2D eigenvalue weighted by molar-refractivity contribution is -0.135. The van der Waals surface area contributed by atoms with E-state index in [9.17, 15) is 9.59 Å². The van der Waals surface area contributed by atoms with Crippen LogP contribution in [0, 0.1) is 0 Å². The number of methoxy groups -OCH3 is 1. The van der Waals surface area contributed by atoms with Crippen LogP contribution in [0.4, 0.5) is 11.4 Å². The summed E-state index contributed by atoms with van der Waals surface area (Å²) in [5.41, 5.74) is 6.82. The van der Waals surface area contributed by atoms with Gasteiger partial charge in [0, 0.05) is 18.2 Å². The topological polar surface area (TPSA) is 84.7 Å². The van der Waals surface area contributed by atoms with Crippen molar-refractivity contribution in [3.8, 4) is 5.75 Å². The standard InChI is InChI=1S/C14H19N3O3S.ClH/c1-3-13(18)17-8-21-7-12(17)14(19)16-11-6-9(20-2)4-5-10(11)15;/h4-6,12H,3,7-8,15H2,1-2H3,(H,16,19);1H. The summed E-state index contributed by atoms with van der Waals surface area (Å²) in [5.74, 6) is 1.53. The van der Waals surface area contributed by atoms with Gasteiger partial charge in [-0.3, -0.25) is 9.59 Å². The molecular formula is C14H20ClN3O3S. The Hall–Kier alpha value is -1.60. The normalized spacial score (nSPS) is 16.8. The minimum absolute atomic E-state index is 0. The Morgan fingerprint density at radius 1 is 1.50 bits per heavy atom. The molecule has 1 aliphatic heterocycles. The van der Waals surface area contributed by atoms with Gasteiger partial charge >= 0.3 is 0 Å². The lowest BCUT2D eigenvalue weighted by Gasteiger charge is -2.23. The van der Waals surface area contributed by atoms with Crippen molar-refractivity contribution in [2.24, 2.45) is 0 Å². The number of rotatable bonds is 4. The number of nitrogen functional groups attached to an aromatic ring is 1. The molecule has 1 atom stereocenters. The summed E-state index contributed by atoms with van der Waals surface area (Å²) in [4.78, 5) is 25.8. The molecule has 1 saturated heterocycles. The second-order valence-electron chi connectivity index (χ2n) is 4.68. The molecule has 1 unspecified atom stereocenters. The van der Waals surface area contributed by atoms with Gasteiger partial charge in [0.2, 0.25) is 11.8 Å². The highest BCUT2D eigenvalue weighted by Gasteiger charge is 2.34. The summed E-state index contributed by atoms with van der Waals surface area (Å²) in [5, 5.41) is 2.78. The molecule has 0 saturated carbocycles. The van der Waals surface area contributed by atoms with Gasteiger partial charge < -0.3 is 20.7 Å². The number of halogens is 1. The molecule has 1 fully saturated rings. The Labute approximate surface area is 140 Å². The van der Waals surface area contributed by atoms with Gasteiger partial charge in [-0.05, 0) is 12.1 Å². The van der Waals surface area contributed by atoms with Gasteiger partial charge in [-0.1, -0.05) is 6.92 Å². The maximum Gasteiger partial charge on any atom is 0.248 e. The van der Waals surface area contributed by atoms with Crippen LogP contribution in [0.1, 0.15) is 13.3 Å². The average Bonchev–Trinajstić information content (AvgIpc) is 2.98. The third-order valence-electron chi connectivity index (χ3n) is 3.33. The number of nitrogens with two attached hydrogens (primary N) is 1. The molecule has 122 valence electrons. The zero-order valence-electron chi connectivity index (χ0n) is 12.5. The number of amides is 2. The second kappa shape index (κ2) is 8.14. The molecule has 8 heteroatoms. The van der Waals surface area contributed by atoms with Crippen molar-refractivity contribution in [1.29, 1.82) is 0 Å². The van der Waals surface area contributed by atoms with Crippen LogP contribution in [-0.2, 0) is 9.59 Å². The summed E-state index contributed by atoms with van der Waals surface area (Å²) in [7, 11) is 1.55. The van der Waals surface area contributed by atoms with Crippen molar-refractivity contribution in [1.82, 2.24) is 4.90 Å². The molecule has 0 radical (unpaired) electrons. The molecule has 2 amide bonds. The molecule has 1 aromatic rings. The molecule has 1 aromatic carbocycles. The van der Waals surface area contributed by atoms with Gasteiger partial charge in [-0.15, -0.1) is 24.2 Å². The lowest BCUT2D eigenvalue weighted by atomic mass is 10.2. The number of benzene rings is 1. The van der Waals surface area contributed by atoms with Gasteiger partial charge in [-0.25, -0.2) is 0 Å². The molecule has 0 bridgehead atoms. The van der Waals surface area contributed by atoms with Crippen LogP contribution in [0.15, 0.2) is 18.2 Å². The van der Waals surface area contributed by atoms with Gasteiger partial charge in [0.15, 0.2) is 0 Å². The quantitative estimate of drug-likeness (QED) is 0.815. The zero-order valence-corrected chi connectivity index (χ0v) is 14.1. The Morgan fingerprint density at radius 3 is 2.86 bits per heavy atom. The third-order valence-corrected chi connectivity index (χ3v) is 4.34. The Bertz CT molecular complexity index is 556. The Morgan fingerprint density at radius 2 is 2.23 bits per heavy atom. The SMILES string of the molecule is CCC(=O)N1CSCC1C(=O)Nc1cc(OC)ccc1N.Cl. The number of ether oxygens (including phenoxy) is 1. The first-order chi connectivity index (χ1) is 10.1. The minimum Gasteiger partial charge on any atom is -0.497 e. The highest BCUT2D eigenvalue weighted by atomic mass is 35.5. The second-order valence-corrected chi connectivity index (χ2v) is 5.67. The smallest absolute Gasteiger partial charge is 0.248 e. The van der Waals surface area contributed by atoms with Crippen molar-refractivity contribution in [3.63, 3.8) is 0 Å². The highest BCUT2D eigenvalue weighted by Crippen LogP contribution is 2.27. The maximum atomic E-state index is 12.4. The van der Waals surface area contributed by atoms with Crippen LogP contribution >= 0.6 is 24.2 Å². The van der Waals surface area contributed by atoms with E-state index in [0.29, 0.717) is 35.2 Å². The van der Waals surface area contributed by atoms with Gasteiger partial charge in [0.25, 0.3) is 0 Å². The van der Waals surface area contributed by atoms with E-state index >= 15 is 0 Å². The van der Waals surface area contributed by atoms with E-state index in [1.807, 2.05) is 0 Å². The molecule has 0 aromatic heterocycles. The van der Waals surface area contributed by atoms with Gasteiger partial charge in [0.05, 0.1) is 24.4 Å². The van der Waals surface area contributed by atoms with Crippen LogP contribution in [0.2, 0.25) is 0 Å². The lowest BCUT2D eigenvalue weighted by Crippen LogP contribution is -2.44. The highest BCUT2D eigenvalue weighted by molar-refractivity contribution is 7.99. The molecule has 1 aliphatic rings. The number of hydrogen-bond donors (Lipinski definition) is 2. The summed E-state index contributed by atoms with van der Waals surface area (Å²) in [6.07, 6.45) is 0.394. The molecule has 2 rings (SSSR count). The average molecular weight is 346 g/mol. The summed E-state index contributed by atoms with van der Waals surface area (Å²) < 4.78 is 5.12. The number of nitrogens with one attached hydrogen (secondary N) is 1. The van der Waals surface area contributed by atoms with Crippen molar-refractivity contribution in [2.45, 2.75) is 19.4 Å². The molecule has 22 heavy (non-hydrogen) atoms. The summed E-state index contributed by atoms with van der Waals surface area (Å²) >= 11 is 1.57. The van der Waals surface area contributed by atoms with Gasteiger partial charge in [-0.2, -0.15) is 0 Å². The molecular weight excluding hydrogens is 326 g/mol. The predicted molar refractivity (Wildman–Crippen MR) is 91.5 cm³/mol. The first-order valence-corrected chi connectivity index (χ1v) is 7.83. The number of thioether (sulfide) groups is 1. The van der Waals surface area contributed by atoms with Crippen LogP contribution < -0.4 is 15.8 Å².